The molecule has 0 unspecified atom stereocenters. The van der Waals surface area contributed by atoms with Crippen molar-refractivity contribution in [2.45, 2.75) is 137 Å². The highest BCUT2D eigenvalue weighted by Crippen LogP contribution is 2.42. The van der Waals surface area contributed by atoms with Crippen molar-refractivity contribution in [3.8, 4) is 22.5 Å². The molecule has 7 rings (SSSR count). The predicted molar refractivity (Wildman–Crippen MR) is 278 cm³/mol. The van der Waals surface area contributed by atoms with Gasteiger partial charge in [-0.3, -0.25) is 9.59 Å². The number of hydrogen-bond donors (Lipinski definition) is 12. The second-order valence-electron chi connectivity index (χ2n) is 20.3. The van der Waals surface area contributed by atoms with E-state index in [0.717, 1.165) is 36.7 Å². The number of rotatable bonds is 24. The van der Waals surface area contributed by atoms with Crippen LogP contribution in [0.15, 0.2) is 59.0 Å². The number of anilines is 1. The quantitative estimate of drug-likeness (QED) is 0.0229. The number of fused-ring (bicyclic) bond motifs is 2. The summed E-state index contributed by atoms with van der Waals surface area (Å²) >= 11 is 0. The standard InChI is InChI=1S/C54H74N4O20/c1-57(2)29-13-16-33-37(22-29)74-38-23-30(58(3)4)14-17-34(38)42(33)32-15-12-28(21-35(32)51(70)71)50(69)56-19-18-55-41(63)11-9-7-5-6-8-10-20-72-52-46(67)45(66)48(40(27-61)76-52)77-54-47(68)49(44(65)39(26-60)75-54)78-53-43(64)36(62)24-31(25-59)73-53/h12-17,21-23,31,36,39-40,43-49,52-54,59-62,64-68H,5-11,18-20,24-27H2,1-4H3,(H2-,55,56,63,69,70,71)/p+1/t31-,36-,39+,40+,43+,44-,45+,46+,47+,48+,49-,52+,53+,54-/m0/s1. The van der Waals surface area contributed by atoms with E-state index in [1.54, 1.807) is 12.1 Å². The summed E-state index contributed by atoms with van der Waals surface area (Å²) in [6, 6.07) is 16.1. The summed E-state index contributed by atoms with van der Waals surface area (Å²) in [5, 5.41) is 112. The van der Waals surface area contributed by atoms with E-state index in [4.69, 9.17) is 32.8 Å². The lowest BCUT2D eigenvalue weighted by Gasteiger charge is -2.47. The van der Waals surface area contributed by atoms with Gasteiger partial charge in [0, 0.05) is 86.5 Å². The number of aromatic carboxylic acids is 1. The number of ether oxygens (including phenoxy) is 6. The summed E-state index contributed by atoms with van der Waals surface area (Å²) in [4.78, 5) is 40.6. The third-order valence-electron chi connectivity index (χ3n) is 14.2. The van der Waals surface area contributed by atoms with E-state index in [2.05, 4.69) is 10.6 Å². The van der Waals surface area contributed by atoms with Crippen LogP contribution in [-0.2, 0) is 33.2 Å². The number of hydrogen-bond acceptors (Lipinski definition) is 20. The van der Waals surface area contributed by atoms with Crippen LogP contribution in [0.4, 0.5) is 5.69 Å². The molecule has 14 atom stereocenters. The molecule has 0 spiro atoms. The first-order valence-corrected chi connectivity index (χ1v) is 26.3. The van der Waals surface area contributed by atoms with Crippen molar-refractivity contribution < 1.29 is 98.3 Å². The molecule has 78 heavy (non-hydrogen) atoms. The van der Waals surface area contributed by atoms with Crippen molar-refractivity contribution in [2.75, 3.05) is 72.6 Å². The number of carboxylic acid groups (broad SMARTS) is 1. The molecule has 430 valence electrons. The first-order chi connectivity index (χ1) is 37.3. The Hall–Kier alpha value is -5.26. The molecular formula is C54H75N4O20+. The van der Waals surface area contributed by atoms with Gasteiger partial charge in [-0.1, -0.05) is 31.7 Å². The maximum atomic E-state index is 13.3. The summed E-state index contributed by atoms with van der Waals surface area (Å²) in [5.74, 6) is -1.31. The Labute approximate surface area is 450 Å². The van der Waals surface area contributed by atoms with Gasteiger partial charge in [-0.15, -0.1) is 0 Å². The van der Waals surface area contributed by atoms with Crippen LogP contribution >= 0.6 is 0 Å². The monoisotopic (exact) mass is 1100 g/mol. The molecule has 0 saturated carbocycles. The summed E-state index contributed by atoms with van der Waals surface area (Å²) in [5.41, 5.74) is 3.37. The van der Waals surface area contributed by atoms with Gasteiger partial charge in [0.25, 0.3) is 5.91 Å². The van der Waals surface area contributed by atoms with E-state index in [9.17, 15) is 65.4 Å². The van der Waals surface area contributed by atoms with E-state index in [-0.39, 0.29) is 49.6 Å². The smallest absolute Gasteiger partial charge is 0.336 e. The first kappa shape index (κ1) is 60.4. The zero-order chi connectivity index (χ0) is 56.4. The number of nitrogens with one attached hydrogen (secondary N) is 2. The van der Waals surface area contributed by atoms with E-state index in [0.29, 0.717) is 46.3 Å². The predicted octanol–water partition coefficient (Wildman–Crippen LogP) is -0.929. The van der Waals surface area contributed by atoms with Gasteiger partial charge in [0.05, 0.1) is 43.7 Å². The zero-order valence-corrected chi connectivity index (χ0v) is 44.1. The number of carbonyl (C=O) groups excluding carboxylic acids is 2. The van der Waals surface area contributed by atoms with Crippen molar-refractivity contribution in [1.82, 2.24) is 15.2 Å². The van der Waals surface area contributed by atoms with E-state index in [1.165, 1.54) is 6.07 Å². The van der Waals surface area contributed by atoms with Crippen LogP contribution < -0.4 is 25.5 Å². The molecule has 3 saturated heterocycles. The van der Waals surface area contributed by atoms with Crippen molar-refractivity contribution in [1.29, 1.82) is 0 Å². The third kappa shape index (κ3) is 14.4. The van der Waals surface area contributed by atoms with Crippen molar-refractivity contribution in [3.05, 3.63) is 71.1 Å². The molecule has 0 bridgehead atoms. The molecule has 24 heteroatoms. The minimum atomic E-state index is -1.87. The fraction of sp³-hybridized carbons (Fsp3) is 0.593. The van der Waals surface area contributed by atoms with Gasteiger partial charge in [0.15, 0.2) is 18.9 Å². The van der Waals surface area contributed by atoms with Gasteiger partial charge in [-0.2, -0.15) is 0 Å². The van der Waals surface area contributed by atoms with Crippen molar-refractivity contribution >= 4 is 34.4 Å². The minimum Gasteiger partial charge on any atom is -0.478 e. The van der Waals surface area contributed by atoms with Crippen LogP contribution in [0.1, 0.15) is 72.1 Å². The second kappa shape index (κ2) is 27.8. The number of carbonyl (C=O) groups is 3. The molecule has 2 aromatic carbocycles. The fourth-order valence-electron chi connectivity index (χ4n) is 9.80. The highest BCUT2D eigenvalue weighted by atomic mass is 16.8. The SMILES string of the molecule is CN(C)c1ccc2c(-c3ccc(C(=O)NCCNC(=O)CCCCCCCCO[C@@H]4O[C@H](CO)[C@@H](O[C@@H]5O[C@H](CO)[C@H](O)[C@H](O[C@H]6O[C@H](CO)C[C@H](O)[C@H]6O)[C@H]5O)[C@H](O)[C@H]4O)cc3C(=O)O)c3ccc(=[N+](C)C)cc-3oc2c1. The molecular weight excluding hydrogens is 1020 g/mol. The third-order valence-corrected chi connectivity index (χ3v) is 14.2. The molecule has 5 aliphatic rings. The molecule has 1 aliphatic carbocycles. The number of amides is 2. The van der Waals surface area contributed by atoms with Gasteiger partial charge in [-0.05, 0) is 48.7 Å². The number of nitrogens with zero attached hydrogens (tertiary/aromatic N) is 2. The van der Waals surface area contributed by atoms with Crippen molar-refractivity contribution in [3.63, 3.8) is 0 Å². The highest BCUT2D eigenvalue weighted by molar-refractivity contribution is 6.09. The fourth-order valence-corrected chi connectivity index (χ4v) is 9.80. The summed E-state index contributed by atoms with van der Waals surface area (Å²) in [6.07, 6.45) is -17.1. The molecule has 2 amide bonds. The molecule has 4 aliphatic heterocycles. The van der Waals surface area contributed by atoms with Crippen LogP contribution in [-0.4, -0.2) is 223 Å². The lowest BCUT2D eigenvalue weighted by Crippen LogP contribution is -2.66. The highest BCUT2D eigenvalue weighted by Gasteiger charge is 2.53. The average molecular weight is 1100 g/mol. The van der Waals surface area contributed by atoms with Gasteiger partial charge >= 0.3 is 5.97 Å². The topological polar surface area (TPSA) is 352 Å². The number of carboxylic acids is 1. The molecule has 3 fully saturated rings. The molecule has 24 nitrogen and oxygen atoms in total. The number of aliphatic hydroxyl groups excluding tert-OH is 9. The van der Waals surface area contributed by atoms with Crippen LogP contribution in [0, 0.1) is 0 Å². The minimum absolute atomic E-state index is 0.0574. The Bertz CT molecular complexity index is 2680. The van der Waals surface area contributed by atoms with Gasteiger partial charge in [0.2, 0.25) is 11.3 Å². The van der Waals surface area contributed by atoms with Gasteiger partial charge < -0.3 is 99.4 Å². The van der Waals surface area contributed by atoms with Crippen LogP contribution in [0.25, 0.3) is 33.4 Å². The van der Waals surface area contributed by atoms with E-state index < -0.39 is 118 Å². The molecule has 2 aromatic rings. The average Bonchev–Trinajstić information content (AvgIpc) is 3.63. The zero-order valence-electron chi connectivity index (χ0n) is 44.1. The summed E-state index contributed by atoms with van der Waals surface area (Å²) < 4.78 is 42.3. The Morgan fingerprint density at radius 1 is 0.679 bits per heavy atom. The van der Waals surface area contributed by atoms with E-state index in [1.807, 2.05) is 74.1 Å². The van der Waals surface area contributed by atoms with Crippen LogP contribution in [0.5, 0.6) is 0 Å². The number of benzene rings is 3. The Kier molecular flexibility index (Phi) is 21.5. The summed E-state index contributed by atoms with van der Waals surface area (Å²) in [7, 11) is 7.68. The second-order valence-corrected chi connectivity index (χ2v) is 20.3. The maximum absolute atomic E-state index is 13.3. The normalized spacial score (nSPS) is 28.4. The maximum Gasteiger partial charge on any atom is 0.336 e. The van der Waals surface area contributed by atoms with Gasteiger partial charge in [0.1, 0.15) is 80.4 Å². The molecule has 0 radical (unpaired) electrons. The number of unbranched alkanes of at least 4 members (excludes halogenated alkanes) is 5. The van der Waals surface area contributed by atoms with Crippen molar-refractivity contribution in [2.24, 2.45) is 0 Å². The summed E-state index contributed by atoms with van der Waals surface area (Å²) in [6.45, 7) is -1.64. The van der Waals surface area contributed by atoms with Gasteiger partial charge in [-0.25, -0.2) is 9.37 Å². The molecule has 0 aromatic heterocycles. The lowest BCUT2D eigenvalue weighted by molar-refractivity contribution is -0.376. The molecule has 4 heterocycles. The first-order valence-electron chi connectivity index (χ1n) is 26.3. The van der Waals surface area contributed by atoms with Crippen LogP contribution in [0.2, 0.25) is 0 Å². The largest absolute Gasteiger partial charge is 0.478 e. The number of aliphatic hydroxyl groups is 9. The Balaban J connectivity index is 0.804. The van der Waals surface area contributed by atoms with E-state index >= 15 is 0 Å². The Morgan fingerprint density at radius 3 is 2.04 bits per heavy atom. The molecule has 12 N–H and O–H groups in total. The Morgan fingerprint density at radius 2 is 1.35 bits per heavy atom. The van der Waals surface area contributed by atoms with Crippen LogP contribution in [0.3, 0.4) is 0 Å². The lowest BCUT2D eigenvalue weighted by atomic mass is 9.89.